The van der Waals surface area contributed by atoms with E-state index in [-0.39, 0.29) is 0 Å². The first-order chi connectivity index (χ1) is 25.8. The van der Waals surface area contributed by atoms with Crippen LogP contribution in [0, 0.1) is 0 Å². The largest absolute Gasteiger partial charge is 0.308 e. The quantitative estimate of drug-likeness (QED) is 0.177. The Balaban J connectivity index is 1.24. The molecule has 0 aliphatic rings. The van der Waals surface area contributed by atoms with Crippen LogP contribution >= 0.6 is 0 Å². The topological polar surface area (TPSA) is 35.1 Å². The zero-order valence-corrected chi connectivity index (χ0v) is 28.0. The molecule has 4 heterocycles. The van der Waals surface area contributed by atoms with E-state index in [1.54, 1.807) is 0 Å². The van der Waals surface area contributed by atoms with Crippen molar-refractivity contribution < 1.29 is 0 Å². The smallest absolute Gasteiger partial charge is 0.165 e. The second kappa shape index (κ2) is 10.3. The summed E-state index contributed by atoms with van der Waals surface area (Å²) in [5, 5.41) is 9.76. The fraction of sp³-hybridized carbons (Fsp3) is 0. The van der Waals surface area contributed by atoms with Crippen LogP contribution in [0.4, 0.5) is 0 Å². The van der Waals surface area contributed by atoms with E-state index in [9.17, 15) is 0 Å². The SMILES string of the molecule is c1ccc(-c2ccc(-c3nc4cc5ccccc5cc4nc3-n3c4cccc5c6cccc7c8ccccc8n(c8cccc3c8c54)c67)cc2)cc1. The number of aromatic nitrogens is 4. The number of hydrogen-bond donors (Lipinski definition) is 0. The van der Waals surface area contributed by atoms with Gasteiger partial charge in [0.25, 0.3) is 0 Å². The molecule has 4 nitrogen and oxygen atoms in total. The second-order valence-corrected chi connectivity index (χ2v) is 13.8. The molecule has 0 saturated heterocycles. The summed E-state index contributed by atoms with van der Waals surface area (Å²) in [5.74, 6) is 0.820. The third kappa shape index (κ3) is 3.70. The number of fused-ring (bicyclic) bond motifs is 7. The molecule has 240 valence electrons. The van der Waals surface area contributed by atoms with Gasteiger partial charge in [-0.2, -0.15) is 0 Å². The van der Waals surface area contributed by atoms with Gasteiger partial charge >= 0.3 is 0 Å². The summed E-state index contributed by atoms with van der Waals surface area (Å²) in [6.07, 6.45) is 0. The second-order valence-electron chi connectivity index (χ2n) is 13.8. The van der Waals surface area contributed by atoms with Crippen LogP contribution in [0.15, 0.2) is 170 Å². The summed E-state index contributed by atoms with van der Waals surface area (Å²) in [7, 11) is 0. The van der Waals surface area contributed by atoms with Crippen LogP contribution in [0.25, 0.3) is 110 Å². The van der Waals surface area contributed by atoms with Crippen molar-refractivity contribution in [2.45, 2.75) is 0 Å². The Morgan fingerprint density at radius 1 is 0.365 bits per heavy atom. The highest BCUT2D eigenvalue weighted by atomic mass is 15.1. The van der Waals surface area contributed by atoms with Crippen molar-refractivity contribution in [3.8, 4) is 28.2 Å². The highest BCUT2D eigenvalue weighted by molar-refractivity contribution is 6.31. The van der Waals surface area contributed by atoms with Gasteiger partial charge in [-0.3, -0.25) is 4.57 Å². The van der Waals surface area contributed by atoms with E-state index >= 15 is 0 Å². The van der Waals surface area contributed by atoms with Crippen LogP contribution in [-0.4, -0.2) is 18.9 Å². The van der Waals surface area contributed by atoms with E-state index in [4.69, 9.17) is 9.97 Å². The Kier molecular flexibility index (Phi) is 5.47. The summed E-state index contributed by atoms with van der Waals surface area (Å²) in [6.45, 7) is 0. The monoisotopic (exact) mass is 660 g/mol. The van der Waals surface area contributed by atoms with Gasteiger partial charge in [-0.15, -0.1) is 0 Å². The number of rotatable bonds is 3. The van der Waals surface area contributed by atoms with E-state index < -0.39 is 0 Å². The van der Waals surface area contributed by atoms with E-state index in [0.29, 0.717) is 0 Å². The van der Waals surface area contributed by atoms with Crippen molar-refractivity contribution in [1.29, 1.82) is 0 Å². The molecule has 0 bridgehead atoms. The molecule has 0 aliphatic carbocycles. The molecule has 0 unspecified atom stereocenters. The Hall–Kier alpha value is -7.04. The maximum atomic E-state index is 5.54. The molecule has 12 rings (SSSR count). The van der Waals surface area contributed by atoms with Gasteiger partial charge in [-0.1, -0.05) is 133 Å². The lowest BCUT2D eigenvalue weighted by Gasteiger charge is -2.15. The number of para-hydroxylation sites is 2. The molecule has 8 aromatic carbocycles. The summed E-state index contributed by atoms with van der Waals surface area (Å²) in [6, 6.07) is 61.1. The Bertz CT molecular complexity index is 3390. The minimum absolute atomic E-state index is 0.820. The van der Waals surface area contributed by atoms with Crippen LogP contribution in [0.2, 0.25) is 0 Å². The lowest BCUT2D eigenvalue weighted by molar-refractivity contribution is 1.08. The Morgan fingerprint density at radius 3 is 1.71 bits per heavy atom. The molecule has 0 saturated carbocycles. The molecule has 0 amide bonds. The fourth-order valence-corrected chi connectivity index (χ4v) is 8.75. The first-order valence-corrected chi connectivity index (χ1v) is 17.8. The summed E-state index contributed by atoms with van der Waals surface area (Å²) in [4.78, 5) is 11.0. The molecule has 0 N–H and O–H groups in total. The summed E-state index contributed by atoms with van der Waals surface area (Å²) < 4.78 is 4.84. The maximum Gasteiger partial charge on any atom is 0.165 e. The third-order valence-corrected chi connectivity index (χ3v) is 11.0. The van der Waals surface area contributed by atoms with Crippen LogP contribution in [0.3, 0.4) is 0 Å². The van der Waals surface area contributed by atoms with Gasteiger partial charge in [0.1, 0.15) is 5.69 Å². The first-order valence-electron chi connectivity index (χ1n) is 17.8. The predicted molar refractivity (Wildman–Crippen MR) is 217 cm³/mol. The average molecular weight is 661 g/mol. The highest BCUT2D eigenvalue weighted by Gasteiger charge is 2.24. The number of hydrogen-bond acceptors (Lipinski definition) is 2. The standard InChI is InChI=1S/C48H28N4/c1-2-11-29(12-3-1)30-23-25-31(26-24-30)46-48(50-39-28-33-14-5-4-13-32(33)27-38(39)49-46)52-41-20-9-16-35-37-18-8-17-36-34-15-6-7-19-40(34)51(47(36)37)42-21-10-22-43(52)45(42)44(35)41/h1-28H. The van der Waals surface area contributed by atoms with Crippen molar-refractivity contribution in [3.05, 3.63) is 170 Å². The third-order valence-electron chi connectivity index (χ3n) is 11.0. The minimum atomic E-state index is 0.820. The van der Waals surface area contributed by atoms with E-state index in [1.807, 2.05) is 0 Å². The molecule has 4 heteroatoms. The molecular formula is C48H28N4. The molecule has 52 heavy (non-hydrogen) atoms. The van der Waals surface area contributed by atoms with Gasteiger partial charge in [0, 0.05) is 32.5 Å². The number of benzene rings is 8. The van der Waals surface area contributed by atoms with Crippen molar-refractivity contribution in [2.24, 2.45) is 0 Å². The van der Waals surface area contributed by atoms with Gasteiger partial charge in [-0.25, -0.2) is 9.97 Å². The number of nitrogens with zero attached hydrogens (tertiary/aromatic N) is 4. The lowest BCUT2D eigenvalue weighted by atomic mass is 10.0. The van der Waals surface area contributed by atoms with E-state index in [2.05, 4.69) is 179 Å². The van der Waals surface area contributed by atoms with Gasteiger partial charge in [0.05, 0.1) is 38.6 Å². The van der Waals surface area contributed by atoms with Crippen molar-refractivity contribution >= 4 is 81.7 Å². The molecule has 0 aliphatic heterocycles. The Morgan fingerprint density at radius 2 is 0.904 bits per heavy atom. The normalized spacial score (nSPS) is 12.2. The summed E-state index contributed by atoms with van der Waals surface area (Å²) >= 11 is 0. The zero-order valence-electron chi connectivity index (χ0n) is 28.0. The zero-order chi connectivity index (χ0) is 33.9. The average Bonchev–Trinajstić information content (AvgIpc) is 3.69. The molecule has 0 spiro atoms. The van der Waals surface area contributed by atoms with Crippen molar-refractivity contribution in [3.63, 3.8) is 0 Å². The molecule has 0 radical (unpaired) electrons. The Labute approximate surface area is 297 Å². The van der Waals surface area contributed by atoms with Crippen LogP contribution in [0.5, 0.6) is 0 Å². The van der Waals surface area contributed by atoms with Gasteiger partial charge in [0.15, 0.2) is 5.82 Å². The predicted octanol–water partition coefficient (Wildman–Crippen LogP) is 12.4. The first kappa shape index (κ1) is 27.7. The fourth-order valence-electron chi connectivity index (χ4n) is 8.75. The van der Waals surface area contributed by atoms with Crippen LogP contribution in [-0.2, 0) is 0 Å². The van der Waals surface area contributed by atoms with Gasteiger partial charge in [0.2, 0.25) is 0 Å². The van der Waals surface area contributed by atoms with Gasteiger partial charge < -0.3 is 4.40 Å². The van der Waals surface area contributed by atoms with Crippen LogP contribution in [0.1, 0.15) is 0 Å². The lowest BCUT2D eigenvalue weighted by Crippen LogP contribution is -2.04. The van der Waals surface area contributed by atoms with Gasteiger partial charge in [-0.05, 0) is 63.7 Å². The molecule has 4 aromatic heterocycles. The highest BCUT2D eigenvalue weighted by Crippen LogP contribution is 2.45. The molecule has 0 fully saturated rings. The molecule has 0 atom stereocenters. The van der Waals surface area contributed by atoms with Crippen molar-refractivity contribution in [1.82, 2.24) is 18.9 Å². The van der Waals surface area contributed by atoms with Crippen LogP contribution < -0.4 is 0 Å². The van der Waals surface area contributed by atoms with E-state index in [0.717, 1.165) is 49.9 Å². The molecule has 12 aromatic rings. The summed E-state index contributed by atoms with van der Waals surface area (Å²) in [5.41, 5.74) is 11.8. The molecular weight excluding hydrogens is 633 g/mol. The van der Waals surface area contributed by atoms with E-state index in [1.165, 1.54) is 60.0 Å². The van der Waals surface area contributed by atoms with Crippen molar-refractivity contribution in [2.75, 3.05) is 0 Å². The maximum absolute atomic E-state index is 5.54. The minimum Gasteiger partial charge on any atom is -0.308 e.